The summed E-state index contributed by atoms with van der Waals surface area (Å²) in [6, 6.07) is 19.8. The van der Waals surface area contributed by atoms with Crippen LogP contribution in [0.2, 0.25) is 0 Å². The normalized spacial score (nSPS) is 11.5. The quantitative estimate of drug-likeness (QED) is 0.0265. The van der Waals surface area contributed by atoms with Crippen LogP contribution in [0.5, 0.6) is 0 Å². The van der Waals surface area contributed by atoms with E-state index in [2.05, 4.69) is 22.2 Å². The number of fused-ring (bicyclic) bond motifs is 2. The van der Waals surface area contributed by atoms with E-state index in [1.54, 1.807) is 68.6 Å². The summed E-state index contributed by atoms with van der Waals surface area (Å²) in [4.78, 5) is 47.6. The Hall–Kier alpha value is -5.63. The molecule has 2 N–H and O–H groups in total. The fourth-order valence-electron chi connectivity index (χ4n) is 7.35. The van der Waals surface area contributed by atoms with Gasteiger partial charge in [0.2, 0.25) is 0 Å². The predicted octanol–water partition coefficient (Wildman–Crippen LogP) is 9.36. The minimum Gasteiger partial charge on any atom is -0.465 e. The zero-order chi connectivity index (χ0) is 43.6. The maximum absolute atomic E-state index is 14.3. The molecule has 1 amide bonds. The lowest BCUT2D eigenvalue weighted by atomic mass is 10.0. The third kappa shape index (κ3) is 13.2. The van der Waals surface area contributed by atoms with Crippen molar-refractivity contribution in [2.24, 2.45) is 7.05 Å². The molecule has 2 heterocycles. The summed E-state index contributed by atoms with van der Waals surface area (Å²) in [6.07, 6.45) is 18.4. The molecule has 2 aromatic heterocycles. The minimum absolute atomic E-state index is 0.0675. The molecule has 0 spiro atoms. The predicted molar refractivity (Wildman–Crippen MR) is 241 cm³/mol. The molecular formula is C47H60N6O7S. The smallest absolute Gasteiger partial charge is 0.412 e. The first-order valence-corrected chi connectivity index (χ1v) is 23.1. The average molecular weight is 853 g/mol. The van der Waals surface area contributed by atoms with Gasteiger partial charge in [0, 0.05) is 30.6 Å². The molecule has 0 aliphatic carbocycles. The Morgan fingerprint density at radius 2 is 1.44 bits per heavy atom. The number of para-hydroxylation sites is 1. The summed E-state index contributed by atoms with van der Waals surface area (Å²) in [5.41, 5.74) is 2.27. The number of sulfonamides is 1. The Morgan fingerprint density at radius 3 is 2.10 bits per heavy atom. The molecule has 14 heteroatoms. The second-order valence-corrected chi connectivity index (χ2v) is 17.2. The number of nitrogens with zero attached hydrogens (tertiary/aromatic N) is 4. The van der Waals surface area contributed by atoms with Crippen molar-refractivity contribution in [3.8, 4) is 0 Å². The monoisotopic (exact) mass is 852 g/mol. The lowest BCUT2D eigenvalue weighted by molar-refractivity contribution is -0.141. The van der Waals surface area contributed by atoms with Gasteiger partial charge in [0.15, 0.2) is 0 Å². The van der Waals surface area contributed by atoms with Crippen LogP contribution in [-0.2, 0) is 37.8 Å². The summed E-state index contributed by atoms with van der Waals surface area (Å²) < 4.78 is 41.5. The van der Waals surface area contributed by atoms with Gasteiger partial charge in [0.05, 0.1) is 35.5 Å². The summed E-state index contributed by atoms with van der Waals surface area (Å²) in [5, 5.41) is 11.5. The third-order valence-corrected chi connectivity index (χ3v) is 12.5. The number of esters is 1. The second kappa shape index (κ2) is 23.4. The molecule has 0 unspecified atom stereocenters. The topological polar surface area (TPSA) is 174 Å². The number of aryl methyl sites for hydroxylation is 1. The molecule has 0 bridgehead atoms. The number of unbranched alkanes of at least 4 members (excludes halogenated alkanes) is 13. The van der Waals surface area contributed by atoms with Crippen LogP contribution < -0.4 is 15.2 Å². The zero-order valence-corrected chi connectivity index (χ0v) is 36.6. The van der Waals surface area contributed by atoms with Crippen molar-refractivity contribution in [3.05, 3.63) is 106 Å². The van der Waals surface area contributed by atoms with Crippen molar-refractivity contribution in [1.82, 2.24) is 19.9 Å². The number of amides is 1. The number of carbonyl (C=O) groups excluding carboxylic acids is 2. The van der Waals surface area contributed by atoms with Crippen LogP contribution in [0.3, 0.4) is 0 Å². The molecule has 0 radical (unpaired) electrons. The fourth-order valence-corrected chi connectivity index (χ4v) is 8.92. The molecule has 3 aromatic carbocycles. The van der Waals surface area contributed by atoms with E-state index in [9.17, 15) is 22.8 Å². The third-order valence-electron chi connectivity index (χ3n) is 10.7. The highest BCUT2D eigenvalue weighted by molar-refractivity contribution is 7.93. The number of hydrogen-bond donors (Lipinski definition) is 2. The molecule has 0 saturated carbocycles. The van der Waals surface area contributed by atoms with Crippen molar-refractivity contribution in [2.45, 2.75) is 115 Å². The summed E-state index contributed by atoms with van der Waals surface area (Å²) >= 11 is 0. The van der Waals surface area contributed by atoms with Crippen LogP contribution in [-0.4, -0.2) is 60.6 Å². The summed E-state index contributed by atoms with van der Waals surface area (Å²) in [5.74, 6) is -0.844. The molecule has 0 atom stereocenters. The Bertz CT molecular complexity index is 2410. The molecule has 61 heavy (non-hydrogen) atoms. The van der Waals surface area contributed by atoms with Crippen molar-refractivity contribution in [2.75, 3.05) is 24.1 Å². The van der Waals surface area contributed by atoms with Crippen LogP contribution in [0.1, 0.15) is 121 Å². The number of ether oxygens (including phenoxy) is 2. The van der Waals surface area contributed by atoms with E-state index in [1.807, 2.05) is 0 Å². The molecule has 0 saturated heterocycles. The van der Waals surface area contributed by atoms with Crippen LogP contribution in [0.25, 0.3) is 21.9 Å². The van der Waals surface area contributed by atoms with Gasteiger partial charge in [-0.25, -0.2) is 18.2 Å². The molecular weight excluding hydrogens is 793 g/mol. The first-order chi connectivity index (χ1) is 29.5. The number of nitrogens with one attached hydrogen (secondary N) is 2. The first kappa shape index (κ1) is 46.4. The van der Waals surface area contributed by atoms with Crippen molar-refractivity contribution in [3.63, 3.8) is 0 Å². The number of hydrogen-bond acceptors (Lipinski definition) is 10. The van der Waals surface area contributed by atoms with Gasteiger partial charge in [-0.15, -0.1) is 0 Å². The lowest BCUT2D eigenvalue weighted by Crippen LogP contribution is -2.37. The second-order valence-electron chi connectivity index (χ2n) is 15.3. The standard InChI is InChI=1S/C47H60N6O7S/c1-4-6-7-8-9-10-11-12-13-14-15-16-17-18-31-60-47(56)51-45(48)37-26-24-35(25-27-37)32-40-46(55)52(3)41-29-28-38(33-39(41)50-40)53(34-43(54)59-5-2)61(57,58)42-23-19-21-36-22-20-30-49-44(36)42/h19-30,33H,4-18,31-32,34H2,1-3H3,(H2,48,51,56). The van der Waals surface area contributed by atoms with Gasteiger partial charge >= 0.3 is 12.1 Å². The number of amidine groups is 1. The molecule has 0 aliphatic rings. The van der Waals surface area contributed by atoms with E-state index in [4.69, 9.17) is 14.9 Å². The maximum atomic E-state index is 14.3. The highest BCUT2D eigenvalue weighted by atomic mass is 32.2. The van der Waals surface area contributed by atoms with E-state index in [-0.39, 0.29) is 46.2 Å². The van der Waals surface area contributed by atoms with Crippen LogP contribution in [0.15, 0.2) is 88.7 Å². The van der Waals surface area contributed by atoms with Crippen LogP contribution in [0, 0.1) is 5.41 Å². The molecule has 5 aromatic rings. The van der Waals surface area contributed by atoms with Gasteiger partial charge in [-0.1, -0.05) is 133 Å². The summed E-state index contributed by atoms with van der Waals surface area (Å²) in [6.45, 7) is 3.66. The zero-order valence-electron chi connectivity index (χ0n) is 35.8. The van der Waals surface area contributed by atoms with Crippen molar-refractivity contribution >= 4 is 55.5 Å². The highest BCUT2D eigenvalue weighted by Gasteiger charge is 2.30. The fraction of sp³-hybridized carbons (Fsp3) is 0.447. The number of alkyl carbamates (subject to hydrolysis) is 1. The maximum Gasteiger partial charge on any atom is 0.412 e. The average Bonchev–Trinajstić information content (AvgIpc) is 3.25. The van der Waals surface area contributed by atoms with E-state index in [1.165, 1.54) is 99.6 Å². The Labute approximate surface area is 359 Å². The SMILES string of the molecule is CCCCCCCCCCCCCCCCOC(=O)NC(=N)c1ccc(Cc2nc3cc(N(CC(=O)OCC)S(=O)(=O)c4cccc5cccnc45)ccc3n(C)c2=O)cc1. The summed E-state index contributed by atoms with van der Waals surface area (Å²) in [7, 11) is -2.74. The Balaban J connectivity index is 1.16. The van der Waals surface area contributed by atoms with Gasteiger partial charge in [0.25, 0.3) is 15.6 Å². The van der Waals surface area contributed by atoms with E-state index in [0.717, 1.165) is 29.1 Å². The van der Waals surface area contributed by atoms with Crippen molar-refractivity contribution < 1.29 is 27.5 Å². The number of anilines is 1. The molecule has 13 nitrogen and oxygen atoms in total. The number of pyridine rings is 1. The molecule has 326 valence electrons. The Kier molecular flexibility index (Phi) is 17.8. The molecule has 0 aliphatic heterocycles. The number of benzene rings is 3. The van der Waals surface area contributed by atoms with Gasteiger partial charge < -0.3 is 14.0 Å². The number of carbonyl (C=O) groups is 2. The molecule has 5 rings (SSSR count). The van der Waals surface area contributed by atoms with Crippen LogP contribution in [0.4, 0.5) is 10.5 Å². The van der Waals surface area contributed by atoms with Gasteiger partial charge in [-0.3, -0.25) is 29.6 Å². The van der Waals surface area contributed by atoms with Gasteiger partial charge in [-0.05, 0) is 49.2 Å². The lowest BCUT2D eigenvalue weighted by Gasteiger charge is -2.24. The van der Waals surface area contributed by atoms with E-state index in [0.29, 0.717) is 28.6 Å². The Morgan fingerprint density at radius 1 is 0.803 bits per heavy atom. The first-order valence-electron chi connectivity index (χ1n) is 21.7. The number of rotatable bonds is 24. The van der Waals surface area contributed by atoms with Gasteiger partial charge in [0.1, 0.15) is 23.0 Å². The number of aromatic nitrogens is 3. The van der Waals surface area contributed by atoms with E-state index >= 15 is 0 Å². The van der Waals surface area contributed by atoms with E-state index < -0.39 is 28.6 Å². The molecule has 0 fully saturated rings. The minimum atomic E-state index is -4.35. The van der Waals surface area contributed by atoms with Crippen LogP contribution >= 0.6 is 0 Å². The highest BCUT2D eigenvalue weighted by Crippen LogP contribution is 2.30. The largest absolute Gasteiger partial charge is 0.465 e. The van der Waals surface area contributed by atoms with Crippen molar-refractivity contribution in [1.29, 1.82) is 5.41 Å². The van der Waals surface area contributed by atoms with Gasteiger partial charge in [-0.2, -0.15) is 0 Å².